The van der Waals surface area contributed by atoms with Gasteiger partial charge < -0.3 is 0 Å². The molecule has 2 aromatic rings. The quantitative estimate of drug-likeness (QED) is 0.785. The lowest BCUT2D eigenvalue weighted by molar-refractivity contribution is -0.135. The average Bonchev–Trinajstić information content (AvgIpc) is 2.85. The summed E-state index contributed by atoms with van der Waals surface area (Å²) in [7, 11) is -3.28. The van der Waals surface area contributed by atoms with Crippen LogP contribution in [0.25, 0.3) is 10.4 Å². The van der Waals surface area contributed by atoms with Crippen LogP contribution in [0.5, 0.6) is 0 Å². The molecule has 0 saturated heterocycles. The second kappa shape index (κ2) is 6.42. The molecular weight excluding hydrogens is 333 g/mol. The van der Waals surface area contributed by atoms with E-state index in [-0.39, 0.29) is 11.3 Å². The van der Waals surface area contributed by atoms with Gasteiger partial charge in [0.1, 0.15) is 0 Å². The summed E-state index contributed by atoms with van der Waals surface area (Å²) in [6, 6.07) is 10.2. The standard InChI is InChI=1S/C15H15F3O2S2/c1-22(19,20)13-6-2-4-11(10-13)14-8-7-12(21-14)5-3-9-15(16,17)18/h2,4,6-8,10H,3,5,9H2,1H3. The lowest BCUT2D eigenvalue weighted by atomic mass is 10.2. The van der Waals surface area contributed by atoms with Crippen LogP contribution in [0, 0.1) is 0 Å². The predicted octanol–water partition coefficient (Wildman–Crippen LogP) is 4.70. The molecule has 0 aliphatic heterocycles. The van der Waals surface area contributed by atoms with Crippen LogP contribution in [0.2, 0.25) is 0 Å². The molecule has 2 rings (SSSR count). The molecule has 0 atom stereocenters. The summed E-state index contributed by atoms with van der Waals surface area (Å²) in [5, 5.41) is 0. The van der Waals surface area contributed by atoms with Crippen molar-refractivity contribution in [1.29, 1.82) is 0 Å². The van der Waals surface area contributed by atoms with Crippen molar-refractivity contribution in [3.8, 4) is 10.4 Å². The average molecular weight is 348 g/mol. The van der Waals surface area contributed by atoms with Crippen LogP contribution in [-0.4, -0.2) is 20.8 Å². The van der Waals surface area contributed by atoms with Crippen molar-refractivity contribution in [2.24, 2.45) is 0 Å². The van der Waals surface area contributed by atoms with Gasteiger partial charge in [-0.05, 0) is 42.7 Å². The van der Waals surface area contributed by atoms with Gasteiger partial charge in [0.05, 0.1) is 4.90 Å². The molecule has 0 N–H and O–H groups in total. The Morgan fingerprint density at radius 2 is 1.86 bits per heavy atom. The predicted molar refractivity (Wildman–Crippen MR) is 81.9 cm³/mol. The van der Waals surface area contributed by atoms with Gasteiger partial charge in [0.15, 0.2) is 9.84 Å². The second-order valence-corrected chi connectivity index (χ2v) is 8.22. The first-order valence-electron chi connectivity index (χ1n) is 6.61. The zero-order valence-corrected chi connectivity index (χ0v) is 13.5. The van der Waals surface area contributed by atoms with Gasteiger partial charge in [-0.25, -0.2) is 8.42 Å². The van der Waals surface area contributed by atoms with Crippen molar-refractivity contribution in [3.63, 3.8) is 0 Å². The summed E-state index contributed by atoms with van der Waals surface area (Å²) < 4.78 is 59.5. The van der Waals surface area contributed by atoms with E-state index in [4.69, 9.17) is 0 Å². The smallest absolute Gasteiger partial charge is 0.224 e. The molecule has 0 saturated carbocycles. The number of benzene rings is 1. The van der Waals surface area contributed by atoms with Gasteiger partial charge in [-0.3, -0.25) is 0 Å². The molecule has 22 heavy (non-hydrogen) atoms. The molecule has 1 aromatic carbocycles. The summed E-state index contributed by atoms with van der Waals surface area (Å²) in [6.45, 7) is 0. The Bertz CT molecular complexity index is 746. The number of rotatable bonds is 5. The van der Waals surface area contributed by atoms with Crippen molar-refractivity contribution in [3.05, 3.63) is 41.3 Å². The molecule has 0 unspecified atom stereocenters. The van der Waals surface area contributed by atoms with Crippen molar-refractivity contribution in [2.45, 2.75) is 30.3 Å². The molecule has 0 radical (unpaired) electrons. The van der Waals surface area contributed by atoms with Crippen LogP contribution in [0.3, 0.4) is 0 Å². The zero-order chi connectivity index (χ0) is 16.4. The van der Waals surface area contributed by atoms with Crippen LogP contribution in [0.4, 0.5) is 13.2 Å². The molecule has 0 bridgehead atoms. The lowest BCUT2D eigenvalue weighted by Gasteiger charge is -2.04. The summed E-state index contributed by atoms with van der Waals surface area (Å²) in [4.78, 5) is 1.95. The highest BCUT2D eigenvalue weighted by molar-refractivity contribution is 7.90. The van der Waals surface area contributed by atoms with Crippen LogP contribution in [0.1, 0.15) is 17.7 Å². The maximum Gasteiger partial charge on any atom is 0.389 e. The van der Waals surface area contributed by atoms with E-state index < -0.39 is 22.4 Å². The van der Waals surface area contributed by atoms with Crippen LogP contribution in [0.15, 0.2) is 41.3 Å². The molecule has 0 fully saturated rings. The third-order valence-electron chi connectivity index (χ3n) is 3.09. The fourth-order valence-electron chi connectivity index (χ4n) is 2.01. The fourth-order valence-corrected chi connectivity index (χ4v) is 3.72. The van der Waals surface area contributed by atoms with Crippen molar-refractivity contribution in [2.75, 3.05) is 6.26 Å². The van der Waals surface area contributed by atoms with Crippen molar-refractivity contribution < 1.29 is 21.6 Å². The van der Waals surface area contributed by atoms with E-state index in [0.717, 1.165) is 21.6 Å². The highest BCUT2D eigenvalue weighted by atomic mass is 32.2. The SMILES string of the molecule is CS(=O)(=O)c1cccc(-c2ccc(CCCC(F)(F)F)s2)c1. The van der Waals surface area contributed by atoms with Gasteiger partial charge in [-0.1, -0.05) is 12.1 Å². The van der Waals surface area contributed by atoms with E-state index in [1.807, 2.05) is 6.07 Å². The first kappa shape index (κ1) is 17.0. The van der Waals surface area contributed by atoms with Gasteiger partial charge in [-0.15, -0.1) is 11.3 Å². The highest BCUT2D eigenvalue weighted by Crippen LogP contribution is 2.31. The normalized spacial score (nSPS) is 12.5. The fraction of sp³-hybridized carbons (Fsp3) is 0.333. The molecule has 0 amide bonds. The van der Waals surface area contributed by atoms with Gasteiger partial charge in [-0.2, -0.15) is 13.2 Å². The molecule has 7 heteroatoms. The molecule has 0 spiro atoms. The minimum absolute atomic E-state index is 0.0623. The van der Waals surface area contributed by atoms with Crippen LogP contribution >= 0.6 is 11.3 Å². The zero-order valence-electron chi connectivity index (χ0n) is 11.9. The summed E-state index contributed by atoms with van der Waals surface area (Å²) in [5.74, 6) is 0. The second-order valence-electron chi connectivity index (χ2n) is 5.03. The monoisotopic (exact) mass is 348 g/mol. The minimum Gasteiger partial charge on any atom is -0.224 e. The maximum absolute atomic E-state index is 12.1. The number of aryl methyl sites for hydroxylation is 1. The minimum atomic E-state index is -4.12. The Labute approximate surface area is 131 Å². The number of hydrogen-bond acceptors (Lipinski definition) is 3. The third-order valence-corrected chi connectivity index (χ3v) is 5.40. The van der Waals surface area contributed by atoms with Crippen molar-refractivity contribution >= 4 is 21.2 Å². The van der Waals surface area contributed by atoms with Gasteiger partial charge >= 0.3 is 6.18 Å². The topological polar surface area (TPSA) is 34.1 Å². The Morgan fingerprint density at radius 3 is 2.50 bits per heavy atom. The van der Waals surface area contributed by atoms with Crippen LogP contribution < -0.4 is 0 Å². The number of thiophene rings is 1. The van der Waals surface area contributed by atoms with E-state index in [1.54, 1.807) is 24.3 Å². The number of alkyl halides is 3. The Hall–Kier alpha value is -1.34. The summed E-state index contributed by atoms with van der Waals surface area (Å²) in [5.41, 5.74) is 0.759. The molecule has 1 heterocycles. The van der Waals surface area contributed by atoms with Crippen molar-refractivity contribution in [1.82, 2.24) is 0 Å². The number of sulfone groups is 1. The summed E-state index contributed by atoms with van der Waals surface area (Å²) >= 11 is 1.39. The molecular formula is C15H15F3O2S2. The molecule has 2 nitrogen and oxygen atoms in total. The Morgan fingerprint density at radius 1 is 1.14 bits per heavy atom. The van der Waals surface area contributed by atoms with E-state index in [9.17, 15) is 21.6 Å². The Balaban J connectivity index is 2.12. The first-order valence-corrected chi connectivity index (χ1v) is 9.32. The van der Waals surface area contributed by atoms with E-state index in [1.165, 1.54) is 17.4 Å². The van der Waals surface area contributed by atoms with E-state index in [2.05, 4.69) is 0 Å². The first-order chi connectivity index (χ1) is 10.1. The maximum atomic E-state index is 12.1. The third kappa shape index (κ3) is 4.84. The van der Waals surface area contributed by atoms with Gasteiger partial charge in [0.25, 0.3) is 0 Å². The molecule has 0 aliphatic carbocycles. The highest BCUT2D eigenvalue weighted by Gasteiger charge is 2.26. The summed E-state index contributed by atoms with van der Waals surface area (Å²) in [6.07, 6.45) is -3.33. The molecule has 0 aliphatic rings. The van der Waals surface area contributed by atoms with Gasteiger partial charge in [0.2, 0.25) is 0 Å². The molecule has 1 aromatic heterocycles. The van der Waals surface area contributed by atoms with E-state index in [0.29, 0.717) is 6.42 Å². The lowest BCUT2D eigenvalue weighted by Crippen LogP contribution is -2.06. The molecule has 120 valence electrons. The van der Waals surface area contributed by atoms with Crippen LogP contribution in [-0.2, 0) is 16.3 Å². The number of halogens is 3. The largest absolute Gasteiger partial charge is 0.389 e. The van der Waals surface area contributed by atoms with E-state index >= 15 is 0 Å². The van der Waals surface area contributed by atoms with Gasteiger partial charge in [0, 0.05) is 22.4 Å². The number of hydrogen-bond donors (Lipinski definition) is 0. The Kier molecular flexibility index (Phi) is 4.97.